The Morgan fingerprint density at radius 2 is 1.94 bits per heavy atom. The summed E-state index contributed by atoms with van der Waals surface area (Å²) in [5.41, 5.74) is -0.782. The summed E-state index contributed by atoms with van der Waals surface area (Å²) in [4.78, 5) is 12.0. The standard InChI is InChI=1S/C12H18ClN3O2/c1-11(2,3)18-10(17)12(4,5)15-8-6-9(13)16-14-7-8/h6-7H,1-5H3,(H,15,16). The minimum atomic E-state index is -0.875. The molecule has 0 atom stereocenters. The summed E-state index contributed by atoms with van der Waals surface area (Å²) in [5.74, 6) is -0.345. The number of rotatable bonds is 3. The summed E-state index contributed by atoms with van der Waals surface area (Å²) in [6.07, 6.45) is 1.50. The second kappa shape index (κ2) is 5.10. The monoisotopic (exact) mass is 271 g/mol. The van der Waals surface area contributed by atoms with Crippen molar-refractivity contribution in [3.8, 4) is 0 Å². The number of anilines is 1. The average Bonchev–Trinajstić information content (AvgIpc) is 2.13. The molecule has 0 aliphatic carbocycles. The van der Waals surface area contributed by atoms with Crippen molar-refractivity contribution in [2.75, 3.05) is 5.32 Å². The molecule has 0 aliphatic heterocycles. The van der Waals surface area contributed by atoms with Gasteiger partial charge in [0, 0.05) is 6.07 Å². The number of carbonyl (C=O) groups is 1. The molecule has 0 amide bonds. The fraction of sp³-hybridized carbons (Fsp3) is 0.583. The predicted octanol–water partition coefficient (Wildman–Crippen LogP) is 2.66. The molecule has 0 aliphatic rings. The average molecular weight is 272 g/mol. The van der Waals surface area contributed by atoms with Crippen molar-refractivity contribution < 1.29 is 9.53 Å². The quantitative estimate of drug-likeness (QED) is 0.856. The van der Waals surface area contributed by atoms with Crippen molar-refractivity contribution in [2.45, 2.75) is 45.8 Å². The maximum absolute atomic E-state index is 12.0. The van der Waals surface area contributed by atoms with E-state index in [9.17, 15) is 4.79 Å². The Bertz CT molecular complexity index is 441. The Labute approximate surface area is 112 Å². The van der Waals surface area contributed by atoms with E-state index in [0.717, 1.165) is 0 Å². The number of esters is 1. The Kier molecular flexibility index (Phi) is 4.16. The first-order chi connectivity index (χ1) is 8.10. The van der Waals surface area contributed by atoms with E-state index in [2.05, 4.69) is 15.5 Å². The first-order valence-corrected chi connectivity index (χ1v) is 5.98. The van der Waals surface area contributed by atoms with Gasteiger partial charge in [-0.2, -0.15) is 5.10 Å². The molecule has 0 spiro atoms. The van der Waals surface area contributed by atoms with Gasteiger partial charge >= 0.3 is 5.97 Å². The summed E-state index contributed by atoms with van der Waals surface area (Å²) in [5, 5.41) is 10.6. The maximum Gasteiger partial charge on any atom is 0.331 e. The topological polar surface area (TPSA) is 64.1 Å². The fourth-order valence-corrected chi connectivity index (χ4v) is 1.39. The van der Waals surface area contributed by atoms with Crippen LogP contribution in [0.1, 0.15) is 34.6 Å². The van der Waals surface area contributed by atoms with Gasteiger partial charge in [0.1, 0.15) is 11.1 Å². The van der Waals surface area contributed by atoms with Crippen LogP contribution in [0.4, 0.5) is 5.69 Å². The highest BCUT2D eigenvalue weighted by Gasteiger charge is 2.32. The minimum absolute atomic E-state index is 0.264. The number of ether oxygens (including phenoxy) is 1. The predicted molar refractivity (Wildman–Crippen MR) is 70.6 cm³/mol. The fourth-order valence-electron chi connectivity index (χ4n) is 1.23. The smallest absolute Gasteiger partial charge is 0.331 e. The lowest BCUT2D eigenvalue weighted by atomic mass is 10.0. The van der Waals surface area contributed by atoms with E-state index in [1.54, 1.807) is 19.9 Å². The normalized spacial score (nSPS) is 12.1. The number of aromatic nitrogens is 2. The van der Waals surface area contributed by atoms with Crippen LogP contribution in [0.2, 0.25) is 5.15 Å². The molecule has 0 aromatic carbocycles. The molecule has 1 rings (SSSR count). The van der Waals surface area contributed by atoms with E-state index < -0.39 is 11.1 Å². The number of halogens is 1. The second-order valence-corrected chi connectivity index (χ2v) is 5.91. The molecule has 1 aromatic rings. The Morgan fingerprint density at radius 3 is 2.44 bits per heavy atom. The molecule has 1 heterocycles. The molecule has 18 heavy (non-hydrogen) atoms. The van der Waals surface area contributed by atoms with Gasteiger partial charge in [-0.1, -0.05) is 11.6 Å². The lowest BCUT2D eigenvalue weighted by Crippen LogP contribution is -2.44. The van der Waals surface area contributed by atoms with Gasteiger partial charge in [0.05, 0.1) is 11.9 Å². The van der Waals surface area contributed by atoms with Crippen molar-refractivity contribution in [3.63, 3.8) is 0 Å². The molecule has 0 unspecified atom stereocenters. The summed E-state index contributed by atoms with van der Waals surface area (Å²) in [7, 11) is 0. The summed E-state index contributed by atoms with van der Waals surface area (Å²) in [6, 6.07) is 1.60. The number of hydrogen-bond acceptors (Lipinski definition) is 5. The van der Waals surface area contributed by atoms with Gasteiger partial charge in [0.25, 0.3) is 0 Å². The van der Waals surface area contributed by atoms with E-state index in [-0.39, 0.29) is 11.1 Å². The van der Waals surface area contributed by atoms with E-state index in [1.807, 2.05) is 20.8 Å². The molecule has 1 N–H and O–H groups in total. The van der Waals surface area contributed by atoms with Crippen molar-refractivity contribution in [3.05, 3.63) is 17.4 Å². The summed E-state index contributed by atoms with van der Waals surface area (Å²) in [6.45, 7) is 8.94. The van der Waals surface area contributed by atoms with Crippen LogP contribution in [-0.2, 0) is 9.53 Å². The summed E-state index contributed by atoms with van der Waals surface area (Å²) < 4.78 is 5.33. The van der Waals surface area contributed by atoms with E-state index in [1.165, 1.54) is 6.20 Å². The minimum Gasteiger partial charge on any atom is -0.458 e. The van der Waals surface area contributed by atoms with E-state index in [4.69, 9.17) is 16.3 Å². The lowest BCUT2D eigenvalue weighted by molar-refractivity contribution is -0.159. The third kappa shape index (κ3) is 4.49. The Balaban J connectivity index is 2.78. The van der Waals surface area contributed by atoms with Crippen LogP contribution >= 0.6 is 11.6 Å². The van der Waals surface area contributed by atoms with Gasteiger partial charge in [0.15, 0.2) is 5.15 Å². The highest BCUT2D eigenvalue weighted by atomic mass is 35.5. The third-order valence-corrected chi connectivity index (χ3v) is 2.18. The Hall–Kier alpha value is -1.36. The summed E-state index contributed by atoms with van der Waals surface area (Å²) >= 11 is 5.73. The third-order valence-electron chi connectivity index (χ3n) is 1.99. The van der Waals surface area contributed by atoms with Gasteiger partial charge < -0.3 is 10.1 Å². The van der Waals surface area contributed by atoms with Gasteiger partial charge in [-0.3, -0.25) is 0 Å². The van der Waals surface area contributed by atoms with Crippen molar-refractivity contribution in [1.29, 1.82) is 0 Å². The molecular formula is C12H18ClN3O2. The molecule has 0 saturated carbocycles. The van der Waals surface area contributed by atoms with Crippen molar-refractivity contribution in [2.24, 2.45) is 0 Å². The van der Waals surface area contributed by atoms with Crippen LogP contribution in [0.3, 0.4) is 0 Å². The van der Waals surface area contributed by atoms with Crippen LogP contribution in [0.15, 0.2) is 12.3 Å². The molecule has 0 bridgehead atoms. The van der Waals surface area contributed by atoms with Crippen LogP contribution in [0.5, 0.6) is 0 Å². The first kappa shape index (κ1) is 14.7. The number of nitrogens with one attached hydrogen (secondary N) is 1. The van der Waals surface area contributed by atoms with Gasteiger partial charge in [-0.05, 0) is 34.6 Å². The molecule has 100 valence electrons. The van der Waals surface area contributed by atoms with Crippen LogP contribution < -0.4 is 5.32 Å². The largest absolute Gasteiger partial charge is 0.458 e. The number of carbonyl (C=O) groups excluding carboxylic acids is 1. The van der Waals surface area contributed by atoms with Gasteiger partial charge in [-0.25, -0.2) is 4.79 Å². The zero-order chi connectivity index (χ0) is 14.0. The highest BCUT2D eigenvalue weighted by molar-refractivity contribution is 6.29. The zero-order valence-electron chi connectivity index (χ0n) is 11.2. The molecule has 0 fully saturated rings. The van der Waals surface area contributed by atoms with Crippen LogP contribution in [0.25, 0.3) is 0 Å². The van der Waals surface area contributed by atoms with Crippen LogP contribution in [0, 0.1) is 0 Å². The molecule has 0 saturated heterocycles. The molecule has 5 nitrogen and oxygen atoms in total. The van der Waals surface area contributed by atoms with E-state index in [0.29, 0.717) is 5.69 Å². The lowest BCUT2D eigenvalue weighted by Gasteiger charge is -2.29. The molecule has 0 radical (unpaired) electrons. The maximum atomic E-state index is 12.0. The van der Waals surface area contributed by atoms with Crippen LogP contribution in [-0.4, -0.2) is 27.3 Å². The van der Waals surface area contributed by atoms with E-state index >= 15 is 0 Å². The molecular weight excluding hydrogens is 254 g/mol. The number of nitrogens with zero attached hydrogens (tertiary/aromatic N) is 2. The number of hydrogen-bond donors (Lipinski definition) is 1. The highest BCUT2D eigenvalue weighted by Crippen LogP contribution is 2.20. The molecule has 1 aromatic heterocycles. The van der Waals surface area contributed by atoms with Gasteiger partial charge in [-0.15, -0.1) is 5.10 Å². The zero-order valence-corrected chi connectivity index (χ0v) is 12.0. The first-order valence-electron chi connectivity index (χ1n) is 5.60. The van der Waals surface area contributed by atoms with Crippen molar-refractivity contribution in [1.82, 2.24) is 10.2 Å². The SMILES string of the molecule is CC(C)(C)OC(=O)C(C)(C)Nc1cnnc(Cl)c1. The van der Waals surface area contributed by atoms with Gasteiger partial charge in [0.2, 0.25) is 0 Å². The molecule has 6 heteroatoms. The second-order valence-electron chi connectivity index (χ2n) is 5.52. The van der Waals surface area contributed by atoms with Crippen molar-refractivity contribution >= 4 is 23.3 Å². The Morgan fingerprint density at radius 1 is 1.33 bits per heavy atom.